The number of rotatable bonds is 15. The highest BCUT2D eigenvalue weighted by Gasteiger charge is 2.35. The molecule has 2 amide bonds. The summed E-state index contributed by atoms with van der Waals surface area (Å²) in [6, 6.07) is 31.0. The normalized spacial score (nSPS) is 12.5. The van der Waals surface area contributed by atoms with Gasteiger partial charge in [0.2, 0.25) is 11.8 Å². The van der Waals surface area contributed by atoms with Crippen LogP contribution >= 0.6 is 0 Å². The number of carbonyl (C=O) groups excluding carboxylic acids is 2. The third-order valence-electron chi connectivity index (χ3n) is 7.75. The van der Waals surface area contributed by atoms with Crippen LogP contribution in [0.15, 0.2) is 114 Å². The van der Waals surface area contributed by atoms with Crippen LogP contribution < -0.4 is 14.4 Å². The molecule has 0 spiro atoms. The van der Waals surface area contributed by atoms with E-state index in [2.05, 4.69) is 5.32 Å². The first-order valence-corrected chi connectivity index (χ1v) is 17.1. The van der Waals surface area contributed by atoms with Crippen molar-refractivity contribution in [2.24, 2.45) is 0 Å². The number of anilines is 1. The summed E-state index contributed by atoms with van der Waals surface area (Å²) in [6.07, 6.45) is 0.967. The van der Waals surface area contributed by atoms with Crippen molar-refractivity contribution in [1.82, 2.24) is 10.2 Å². The average molecular weight is 642 g/mol. The lowest BCUT2D eigenvalue weighted by molar-refractivity contribution is -0.140. The minimum Gasteiger partial charge on any atom is -0.492 e. The minimum atomic E-state index is -4.23. The maximum Gasteiger partial charge on any atom is 0.264 e. The standard InChI is InChI=1S/C37H43N3O5S/c1-5-29(4)38-37(42)34(25-30-17-9-7-10-18-30)39(26-31-19-15-16-28(3)24-31)36(41)27-40(33-22-13-14-23-35(33)45-6-2)46(43,44)32-20-11-8-12-21-32/h7-24,29,34H,5-6,25-27H2,1-4H3,(H,38,42)/t29-,34-/m0/s1. The zero-order valence-electron chi connectivity index (χ0n) is 26.9. The van der Waals surface area contributed by atoms with Gasteiger partial charge >= 0.3 is 0 Å². The van der Waals surface area contributed by atoms with Crippen LogP contribution in [0.25, 0.3) is 0 Å². The van der Waals surface area contributed by atoms with Gasteiger partial charge in [-0.1, -0.05) is 97.4 Å². The van der Waals surface area contributed by atoms with E-state index in [0.29, 0.717) is 18.8 Å². The molecule has 1 N–H and O–H groups in total. The fourth-order valence-electron chi connectivity index (χ4n) is 5.18. The summed E-state index contributed by atoms with van der Waals surface area (Å²) < 4.78 is 35.4. The van der Waals surface area contributed by atoms with E-state index in [9.17, 15) is 18.0 Å². The molecule has 0 saturated carbocycles. The zero-order chi connectivity index (χ0) is 33.1. The molecule has 242 valence electrons. The number of hydrogen-bond acceptors (Lipinski definition) is 5. The summed E-state index contributed by atoms with van der Waals surface area (Å²) in [5, 5.41) is 3.06. The maximum absolute atomic E-state index is 14.7. The molecule has 0 aromatic heterocycles. The number of para-hydroxylation sites is 2. The molecule has 8 nitrogen and oxygen atoms in total. The fraction of sp³-hybridized carbons (Fsp3) is 0.297. The number of nitrogens with zero attached hydrogens (tertiary/aromatic N) is 2. The zero-order valence-corrected chi connectivity index (χ0v) is 27.7. The molecule has 2 atom stereocenters. The second-order valence-electron chi connectivity index (χ2n) is 11.3. The summed E-state index contributed by atoms with van der Waals surface area (Å²) >= 11 is 0. The SMILES string of the molecule is CCOc1ccccc1N(CC(=O)N(Cc1cccc(C)c1)[C@@H](Cc1ccccc1)C(=O)N[C@@H](C)CC)S(=O)(=O)c1ccccc1. The van der Waals surface area contributed by atoms with Crippen molar-refractivity contribution in [3.63, 3.8) is 0 Å². The summed E-state index contributed by atoms with van der Waals surface area (Å²) in [5.74, 6) is -0.489. The Kier molecular flexibility index (Phi) is 12.0. The van der Waals surface area contributed by atoms with Gasteiger partial charge in [-0.15, -0.1) is 0 Å². The average Bonchev–Trinajstić information content (AvgIpc) is 3.06. The van der Waals surface area contributed by atoms with Gasteiger partial charge in [0.25, 0.3) is 10.0 Å². The third kappa shape index (κ3) is 8.75. The van der Waals surface area contributed by atoms with Crippen molar-refractivity contribution in [3.05, 3.63) is 126 Å². The number of amides is 2. The van der Waals surface area contributed by atoms with Crippen molar-refractivity contribution in [1.29, 1.82) is 0 Å². The van der Waals surface area contributed by atoms with Crippen molar-refractivity contribution >= 4 is 27.5 Å². The van der Waals surface area contributed by atoms with Crippen LogP contribution in [-0.4, -0.2) is 50.4 Å². The van der Waals surface area contributed by atoms with Crippen molar-refractivity contribution in [3.8, 4) is 5.75 Å². The van der Waals surface area contributed by atoms with Gasteiger partial charge in [0.15, 0.2) is 0 Å². The predicted octanol–water partition coefficient (Wildman–Crippen LogP) is 6.14. The smallest absolute Gasteiger partial charge is 0.264 e. The molecule has 0 radical (unpaired) electrons. The third-order valence-corrected chi connectivity index (χ3v) is 9.53. The van der Waals surface area contributed by atoms with Crippen LogP contribution in [0, 0.1) is 6.92 Å². The van der Waals surface area contributed by atoms with Gasteiger partial charge in [-0.3, -0.25) is 13.9 Å². The highest BCUT2D eigenvalue weighted by atomic mass is 32.2. The lowest BCUT2D eigenvalue weighted by Crippen LogP contribution is -2.54. The van der Waals surface area contributed by atoms with Crippen LogP contribution in [0.5, 0.6) is 5.75 Å². The molecule has 4 rings (SSSR count). The van der Waals surface area contributed by atoms with Crippen LogP contribution in [0.1, 0.15) is 43.9 Å². The van der Waals surface area contributed by atoms with E-state index in [1.54, 1.807) is 42.5 Å². The lowest BCUT2D eigenvalue weighted by Gasteiger charge is -2.34. The van der Waals surface area contributed by atoms with Gasteiger partial charge < -0.3 is 15.0 Å². The number of carbonyl (C=O) groups is 2. The molecule has 0 aliphatic carbocycles. The summed E-state index contributed by atoms with van der Waals surface area (Å²) in [4.78, 5) is 30.2. The van der Waals surface area contributed by atoms with E-state index in [1.165, 1.54) is 17.0 Å². The largest absolute Gasteiger partial charge is 0.492 e. The first-order valence-electron chi connectivity index (χ1n) is 15.6. The van der Waals surface area contributed by atoms with Gasteiger partial charge in [0.1, 0.15) is 18.3 Å². The molecule has 0 bridgehead atoms. The van der Waals surface area contributed by atoms with Crippen molar-refractivity contribution in [2.75, 3.05) is 17.5 Å². The molecular weight excluding hydrogens is 598 g/mol. The number of aryl methyl sites for hydroxylation is 1. The predicted molar refractivity (Wildman–Crippen MR) is 182 cm³/mol. The summed E-state index contributed by atoms with van der Waals surface area (Å²) in [5.41, 5.74) is 2.95. The van der Waals surface area contributed by atoms with E-state index >= 15 is 0 Å². The second-order valence-corrected chi connectivity index (χ2v) is 13.1. The summed E-state index contributed by atoms with van der Waals surface area (Å²) in [7, 11) is -4.23. The molecule has 0 unspecified atom stereocenters. The Morgan fingerprint density at radius 1 is 0.826 bits per heavy atom. The second kappa shape index (κ2) is 16.1. The Hall–Kier alpha value is -4.63. The van der Waals surface area contributed by atoms with Gasteiger partial charge in [0, 0.05) is 19.0 Å². The van der Waals surface area contributed by atoms with Gasteiger partial charge in [-0.25, -0.2) is 8.42 Å². The Labute approximate surface area is 273 Å². The Morgan fingerprint density at radius 3 is 2.11 bits per heavy atom. The Bertz CT molecular complexity index is 1700. The van der Waals surface area contributed by atoms with Crippen LogP contribution in [0.4, 0.5) is 5.69 Å². The van der Waals surface area contributed by atoms with Crippen LogP contribution in [-0.2, 0) is 32.6 Å². The fourth-order valence-corrected chi connectivity index (χ4v) is 6.62. The Morgan fingerprint density at radius 2 is 1.46 bits per heavy atom. The number of ether oxygens (including phenoxy) is 1. The van der Waals surface area contributed by atoms with Gasteiger partial charge in [-0.2, -0.15) is 0 Å². The molecule has 0 saturated heterocycles. The quantitative estimate of drug-likeness (QED) is 0.168. The molecule has 9 heteroatoms. The topological polar surface area (TPSA) is 96.0 Å². The van der Waals surface area contributed by atoms with E-state index in [0.717, 1.165) is 21.0 Å². The lowest BCUT2D eigenvalue weighted by atomic mass is 10.0. The van der Waals surface area contributed by atoms with E-state index in [1.807, 2.05) is 82.3 Å². The van der Waals surface area contributed by atoms with E-state index < -0.39 is 28.5 Å². The Balaban J connectivity index is 1.84. The van der Waals surface area contributed by atoms with E-state index in [4.69, 9.17) is 4.74 Å². The van der Waals surface area contributed by atoms with Crippen LogP contribution in [0.3, 0.4) is 0 Å². The molecule has 0 aliphatic heterocycles. The van der Waals surface area contributed by atoms with Crippen LogP contribution in [0.2, 0.25) is 0 Å². The molecular formula is C37H43N3O5S. The molecule has 46 heavy (non-hydrogen) atoms. The monoisotopic (exact) mass is 641 g/mol. The molecule has 0 aliphatic rings. The van der Waals surface area contributed by atoms with E-state index in [-0.39, 0.29) is 35.5 Å². The molecule has 0 heterocycles. The first-order chi connectivity index (χ1) is 22.1. The van der Waals surface area contributed by atoms with Gasteiger partial charge in [0.05, 0.1) is 17.2 Å². The van der Waals surface area contributed by atoms with Gasteiger partial charge in [-0.05, 0) is 62.6 Å². The van der Waals surface area contributed by atoms with Crippen molar-refractivity contribution < 1.29 is 22.7 Å². The number of sulfonamides is 1. The molecule has 4 aromatic rings. The molecule has 4 aromatic carbocycles. The number of nitrogens with one attached hydrogen (secondary N) is 1. The minimum absolute atomic E-state index is 0.0367. The first kappa shape index (κ1) is 34.2. The number of benzene rings is 4. The highest BCUT2D eigenvalue weighted by molar-refractivity contribution is 7.92. The van der Waals surface area contributed by atoms with Crippen molar-refractivity contribution in [2.45, 2.75) is 64.1 Å². The molecule has 0 fully saturated rings. The number of hydrogen-bond donors (Lipinski definition) is 1. The summed E-state index contributed by atoms with van der Waals surface area (Å²) in [6.45, 7) is 7.54. The highest BCUT2D eigenvalue weighted by Crippen LogP contribution is 2.33. The maximum atomic E-state index is 14.7.